The minimum Gasteiger partial charge on any atom is -0.294 e. The smallest absolute Gasteiger partial charge is 0.269 e. The molecule has 2 rings (SSSR count). The Hall–Kier alpha value is -2.28. The van der Waals surface area contributed by atoms with Gasteiger partial charge in [0.1, 0.15) is 0 Å². The van der Waals surface area contributed by atoms with Crippen molar-refractivity contribution in [2.45, 2.75) is 26.2 Å². The Morgan fingerprint density at radius 2 is 1.91 bits per heavy atom. The molecule has 1 N–H and O–H groups in total. The maximum Gasteiger partial charge on any atom is 0.269 e. The lowest BCUT2D eigenvalue weighted by molar-refractivity contribution is -0.384. The largest absolute Gasteiger partial charge is 0.294 e. The van der Waals surface area contributed by atoms with E-state index in [1.807, 2.05) is 0 Å². The lowest BCUT2D eigenvalue weighted by Gasteiger charge is -2.25. The minimum atomic E-state index is -0.448. The number of rotatable bonds is 5. The molecule has 1 aromatic carbocycles. The minimum absolute atomic E-state index is 0.0330. The molecule has 1 aromatic rings. The van der Waals surface area contributed by atoms with Gasteiger partial charge in [-0.25, -0.2) is 5.43 Å². The molecule has 7 nitrogen and oxygen atoms in total. The molecular formula is C15H20N4O3. The summed E-state index contributed by atoms with van der Waals surface area (Å²) >= 11 is 0. The van der Waals surface area contributed by atoms with Gasteiger partial charge in [-0.1, -0.05) is 6.42 Å². The Morgan fingerprint density at radius 3 is 2.50 bits per heavy atom. The van der Waals surface area contributed by atoms with Crippen molar-refractivity contribution in [1.29, 1.82) is 0 Å². The van der Waals surface area contributed by atoms with Crippen LogP contribution in [0.25, 0.3) is 0 Å². The first kappa shape index (κ1) is 16.1. The van der Waals surface area contributed by atoms with Gasteiger partial charge in [0.25, 0.3) is 11.6 Å². The monoisotopic (exact) mass is 304 g/mol. The zero-order valence-electron chi connectivity index (χ0n) is 12.6. The second kappa shape index (κ2) is 7.65. The summed E-state index contributed by atoms with van der Waals surface area (Å²) in [5.74, 6) is -0.136. The number of non-ortho nitro benzene ring substituents is 1. The summed E-state index contributed by atoms with van der Waals surface area (Å²) in [7, 11) is 0. The van der Waals surface area contributed by atoms with Gasteiger partial charge in [0.2, 0.25) is 0 Å². The normalized spacial score (nSPS) is 16.3. The molecule has 1 aliphatic heterocycles. The number of hydrogen-bond donors (Lipinski definition) is 1. The van der Waals surface area contributed by atoms with Gasteiger partial charge in [-0.2, -0.15) is 5.10 Å². The van der Waals surface area contributed by atoms with Gasteiger partial charge in [0, 0.05) is 12.1 Å². The lowest BCUT2D eigenvalue weighted by atomic mass is 10.1. The van der Waals surface area contributed by atoms with Crippen molar-refractivity contribution in [3.05, 3.63) is 39.9 Å². The quantitative estimate of drug-likeness (QED) is 0.511. The van der Waals surface area contributed by atoms with Crippen molar-refractivity contribution in [2.24, 2.45) is 5.10 Å². The van der Waals surface area contributed by atoms with Crippen LogP contribution in [0.3, 0.4) is 0 Å². The second-order valence-corrected chi connectivity index (χ2v) is 5.37. The van der Waals surface area contributed by atoms with Crippen molar-refractivity contribution in [2.75, 3.05) is 19.6 Å². The third kappa shape index (κ3) is 4.63. The molecule has 0 aliphatic carbocycles. The molecule has 22 heavy (non-hydrogen) atoms. The molecule has 0 unspecified atom stereocenters. The summed E-state index contributed by atoms with van der Waals surface area (Å²) in [6, 6.07) is 6.08. The van der Waals surface area contributed by atoms with E-state index < -0.39 is 4.92 Å². The van der Waals surface area contributed by atoms with E-state index in [4.69, 9.17) is 0 Å². The summed E-state index contributed by atoms with van der Waals surface area (Å²) in [5, 5.41) is 14.7. The predicted octanol–water partition coefficient (Wildman–Crippen LogP) is 1.92. The van der Waals surface area contributed by atoms with E-state index in [1.54, 1.807) is 19.1 Å². The maximum absolute atomic E-state index is 11.8. The fraction of sp³-hybridized carbons (Fsp3) is 0.467. The summed E-state index contributed by atoms with van der Waals surface area (Å²) in [6.07, 6.45) is 3.51. The molecule has 0 radical (unpaired) electrons. The molecule has 0 bridgehead atoms. The van der Waals surface area contributed by atoms with Crippen molar-refractivity contribution in [3.63, 3.8) is 0 Å². The van der Waals surface area contributed by atoms with Gasteiger partial charge in [-0.3, -0.25) is 19.8 Å². The first-order valence-electron chi connectivity index (χ1n) is 7.36. The van der Waals surface area contributed by atoms with E-state index in [-0.39, 0.29) is 11.6 Å². The number of nitro groups is 1. The lowest BCUT2D eigenvalue weighted by Crippen LogP contribution is -2.38. The highest BCUT2D eigenvalue weighted by atomic mass is 16.6. The van der Waals surface area contributed by atoms with Crippen LogP contribution in [0.2, 0.25) is 0 Å². The van der Waals surface area contributed by atoms with Crippen LogP contribution in [0.15, 0.2) is 29.4 Å². The number of piperidine rings is 1. The number of hydrogen-bond acceptors (Lipinski definition) is 5. The van der Waals surface area contributed by atoms with Crippen LogP contribution in [0.5, 0.6) is 0 Å². The zero-order chi connectivity index (χ0) is 15.9. The molecule has 1 fully saturated rings. The fourth-order valence-electron chi connectivity index (χ4n) is 2.39. The third-order valence-corrected chi connectivity index (χ3v) is 3.66. The number of nitrogens with zero attached hydrogens (tertiary/aromatic N) is 3. The predicted molar refractivity (Wildman–Crippen MR) is 83.7 cm³/mol. The summed E-state index contributed by atoms with van der Waals surface area (Å²) in [5.41, 5.74) is 3.92. The molecule has 1 heterocycles. The molecule has 7 heteroatoms. The van der Waals surface area contributed by atoms with E-state index in [1.165, 1.54) is 18.6 Å². The Labute approximate surface area is 129 Å². The fourth-order valence-corrected chi connectivity index (χ4v) is 2.39. The van der Waals surface area contributed by atoms with Crippen molar-refractivity contribution in [3.8, 4) is 0 Å². The summed E-state index contributed by atoms with van der Waals surface area (Å²) in [6.45, 7) is 4.02. The van der Waals surface area contributed by atoms with E-state index in [9.17, 15) is 14.9 Å². The number of amides is 1. The highest BCUT2D eigenvalue weighted by Crippen LogP contribution is 2.12. The van der Waals surface area contributed by atoms with E-state index >= 15 is 0 Å². The maximum atomic E-state index is 11.8. The zero-order valence-corrected chi connectivity index (χ0v) is 12.6. The van der Waals surface area contributed by atoms with Crippen LogP contribution in [0, 0.1) is 10.1 Å². The van der Waals surface area contributed by atoms with Gasteiger partial charge in [-0.05, 0) is 50.6 Å². The highest BCUT2D eigenvalue weighted by molar-refractivity contribution is 5.99. The molecule has 1 saturated heterocycles. The van der Waals surface area contributed by atoms with Crippen LogP contribution < -0.4 is 5.43 Å². The summed E-state index contributed by atoms with van der Waals surface area (Å²) in [4.78, 5) is 24.1. The van der Waals surface area contributed by atoms with Crippen LogP contribution >= 0.6 is 0 Å². The molecule has 0 spiro atoms. The Balaban J connectivity index is 1.88. The highest BCUT2D eigenvalue weighted by Gasteiger charge is 2.13. The van der Waals surface area contributed by atoms with Crippen LogP contribution in [0.1, 0.15) is 31.7 Å². The third-order valence-electron chi connectivity index (χ3n) is 3.66. The van der Waals surface area contributed by atoms with E-state index in [0.29, 0.717) is 12.3 Å². The topological polar surface area (TPSA) is 87.8 Å². The Bertz CT molecular complexity index is 563. The number of nitro benzene ring substituents is 1. The molecule has 0 saturated carbocycles. The molecule has 1 aliphatic rings. The average molecular weight is 304 g/mol. The number of likely N-dealkylation sites (tertiary alicyclic amines) is 1. The Kier molecular flexibility index (Phi) is 5.60. The number of hydrazone groups is 1. The van der Waals surface area contributed by atoms with Gasteiger partial charge >= 0.3 is 0 Å². The number of carbonyl (C=O) groups is 1. The van der Waals surface area contributed by atoms with Gasteiger partial charge in [-0.15, -0.1) is 0 Å². The van der Waals surface area contributed by atoms with Crippen molar-refractivity contribution >= 4 is 17.3 Å². The average Bonchev–Trinajstić information content (AvgIpc) is 2.53. The standard InChI is InChI=1S/C15H20N4O3/c1-12(13-5-7-14(8-6-13)19(21)22)16-17-15(20)11-18-9-3-2-4-10-18/h5-8H,2-4,9-11H2,1H3,(H,17,20)/b16-12-. The second-order valence-electron chi connectivity index (χ2n) is 5.37. The molecule has 118 valence electrons. The molecule has 0 aromatic heterocycles. The van der Waals surface area contributed by atoms with Gasteiger partial charge in [0.05, 0.1) is 17.2 Å². The van der Waals surface area contributed by atoms with E-state index in [0.717, 1.165) is 31.5 Å². The molecular weight excluding hydrogens is 284 g/mol. The first-order valence-corrected chi connectivity index (χ1v) is 7.36. The van der Waals surface area contributed by atoms with Gasteiger partial charge in [0.15, 0.2) is 0 Å². The number of carbonyl (C=O) groups excluding carboxylic acids is 1. The summed E-state index contributed by atoms with van der Waals surface area (Å²) < 4.78 is 0. The first-order chi connectivity index (χ1) is 10.6. The SMILES string of the molecule is C/C(=N/NC(=O)CN1CCCCC1)c1ccc([N+](=O)[O-])cc1. The van der Waals surface area contributed by atoms with Crippen molar-refractivity contribution in [1.82, 2.24) is 10.3 Å². The number of nitrogens with one attached hydrogen (secondary N) is 1. The van der Waals surface area contributed by atoms with Crippen LogP contribution in [0.4, 0.5) is 5.69 Å². The van der Waals surface area contributed by atoms with Crippen LogP contribution in [-0.4, -0.2) is 41.1 Å². The number of benzene rings is 1. The van der Waals surface area contributed by atoms with Crippen molar-refractivity contribution < 1.29 is 9.72 Å². The Morgan fingerprint density at radius 1 is 1.27 bits per heavy atom. The van der Waals surface area contributed by atoms with Crippen LogP contribution in [-0.2, 0) is 4.79 Å². The molecule has 1 amide bonds. The van der Waals surface area contributed by atoms with E-state index in [2.05, 4.69) is 15.4 Å². The molecule has 0 atom stereocenters. The van der Waals surface area contributed by atoms with Gasteiger partial charge < -0.3 is 0 Å².